The maximum Gasteiger partial charge on any atom is 0.0954 e. The number of rotatable bonds is 2. The van der Waals surface area contributed by atoms with Crippen LogP contribution in [-0.4, -0.2) is 43.7 Å². The number of hydrogen-bond acceptors (Lipinski definition) is 3. The van der Waals surface area contributed by atoms with Gasteiger partial charge in [0.15, 0.2) is 0 Å². The summed E-state index contributed by atoms with van der Waals surface area (Å²) in [7, 11) is 0. The van der Waals surface area contributed by atoms with E-state index in [0.717, 1.165) is 39.2 Å². The van der Waals surface area contributed by atoms with Crippen molar-refractivity contribution in [3.05, 3.63) is 35.4 Å². The Morgan fingerprint density at radius 1 is 1.39 bits per heavy atom. The standard InChI is InChI=1S/C15H22N2O/c1-12-10-16-7-8-17(12)11-15-14-5-3-2-4-13(14)6-9-18-15/h2-5,12,15-16H,6-11H2,1H3/t12-,15?/m1/s1. The van der Waals surface area contributed by atoms with Crippen molar-refractivity contribution < 1.29 is 4.74 Å². The van der Waals surface area contributed by atoms with Gasteiger partial charge in [0.2, 0.25) is 0 Å². The van der Waals surface area contributed by atoms with Crippen LogP contribution in [-0.2, 0) is 11.2 Å². The van der Waals surface area contributed by atoms with Crippen LogP contribution in [0.3, 0.4) is 0 Å². The molecule has 3 nitrogen and oxygen atoms in total. The van der Waals surface area contributed by atoms with Gasteiger partial charge in [0.1, 0.15) is 0 Å². The van der Waals surface area contributed by atoms with Crippen LogP contribution >= 0.6 is 0 Å². The van der Waals surface area contributed by atoms with Crippen molar-refractivity contribution in [1.82, 2.24) is 10.2 Å². The van der Waals surface area contributed by atoms with Gasteiger partial charge in [0, 0.05) is 32.2 Å². The van der Waals surface area contributed by atoms with Gasteiger partial charge in [-0.2, -0.15) is 0 Å². The highest BCUT2D eigenvalue weighted by Crippen LogP contribution is 2.28. The van der Waals surface area contributed by atoms with Crippen molar-refractivity contribution in [2.24, 2.45) is 0 Å². The minimum Gasteiger partial charge on any atom is -0.372 e. The third kappa shape index (κ3) is 2.44. The Morgan fingerprint density at radius 2 is 2.28 bits per heavy atom. The van der Waals surface area contributed by atoms with E-state index in [0.29, 0.717) is 6.04 Å². The number of piperazine rings is 1. The number of hydrogen-bond donors (Lipinski definition) is 1. The molecule has 2 aliphatic heterocycles. The van der Waals surface area contributed by atoms with Gasteiger partial charge in [0.25, 0.3) is 0 Å². The molecule has 3 heteroatoms. The van der Waals surface area contributed by atoms with Gasteiger partial charge in [-0.3, -0.25) is 4.90 Å². The molecule has 1 N–H and O–H groups in total. The smallest absolute Gasteiger partial charge is 0.0954 e. The Morgan fingerprint density at radius 3 is 3.17 bits per heavy atom. The van der Waals surface area contributed by atoms with E-state index >= 15 is 0 Å². The molecule has 3 rings (SSSR count). The van der Waals surface area contributed by atoms with E-state index in [9.17, 15) is 0 Å². The van der Waals surface area contributed by atoms with E-state index in [-0.39, 0.29) is 6.10 Å². The lowest BCUT2D eigenvalue weighted by Gasteiger charge is -2.37. The van der Waals surface area contributed by atoms with Gasteiger partial charge in [-0.05, 0) is 24.5 Å². The molecule has 0 saturated carbocycles. The summed E-state index contributed by atoms with van der Waals surface area (Å²) in [6.45, 7) is 7.50. The largest absolute Gasteiger partial charge is 0.372 e. The Kier molecular flexibility index (Phi) is 3.64. The van der Waals surface area contributed by atoms with Crippen LogP contribution in [0.2, 0.25) is 0 Å². The molecule has 1 aromatic rings. The zero-order valence-electron chi connectivity index (χ0n) is 11.1. The summed E-state index contributed by atoms with van der Waals surface area (Å²) in [6.07, 6.45) is 1.32. The van der Waals surface area contributed by atoms with Crippen molar-refractivity contribution in [1.29, 1.82) is 0 Å². The second-order valence-corrected chi connectivity index (χ2v) is 5.36. The number of nitrogens with zero attached hydrogens (tertiary/aromatic N) is 1. The van der Waals surface area contributed by atoms with Crippen LogP contribution < -0.4 is 5.32 Å². The SMILES string of the molecule is C[C@@H]1CNCCN1CC1OCCc2ccccc21. The third-order valence-corrected chi connectivity index (χ3v) is 4.13. The van der Waals surface area contributed by atoms with Crippen molar-refractivity contribution in [2.45, 2.75) is 25.5 Å². The number of fused-ring (bicyclic) bond motifs is 1. The second kappa shape index (κ2) is 5.39. The highest BCUT2D eigenvalue weighted by molar-refractivity contribution is 5.31. The van der Waals surface area contributed by atoms with Crippen LogP contribution in [0.25, 0.3) is 0 Å². The zero-order chi connectivity index (χ0) is 12.4. The molecule has 0 amide bonds. The molecule has 1 aromatic carbocycles. The fourth-order valence-electron chi connectivity index (χ4n) is 3.00. The lowest BCUT2D eigenvalue weighted by Crippen LogP contribution is -2.51. The molecular weight excluding hydrogens is 224 g/mol. The van der Waals surface area contributed by atoms with Gasteiger partial charge in [-0.1, -0.05) is 24.3 Å². The summed E-state index contributed by atoms with van der Waals surface area (Å²) < 4.78 is 5.99. The lowest BCUT2D eigenvalue weighted by molar-refractivity contribution is 0.00356. The first-order chi connectivity index (χ1) is 8.84. The Balaban J connectivity index is 1.73. The van der Waals surface area contributed by atoms with E-state index in [2.05, 4.69) is 41.4 Å². The second-order valence-electron chi connectivity index (χ2n) is 5.36. The minimum atomic E-state index is 0.260. The first-order valence-corrected chi connectivity index (χ1v) is 6.99. The fraction of sp³-hybridized carbons (Fsp3) is 0.600. The molecule has 2 heterocycles. The molecule has 0 aromatic heterocycles. The molecular formula is C15H22N2O. The van der Waals surface area contributed by atoms with E-state index in [1.54, 1.807) is 0 Å². The number of ether oxygens (including phenoxy) is 1. The zero-order valence-corrected chi connectivity index (χ0v) is 11.1. The summed E-state index contributed by atoms with van der Waals surface area (Å²) in [5.41, 5.74) is 2.87. The Hall–Kier alpha value is -0.900. The van der Waals surface area contributed by atoms with Gasteiger partial charge in [-0.25, -0.2) is 0 Å². The summed E-state index contributed by atoms with van der Waals surface area (Å²) in [5.74, 6) is 0. The Labute approximate surface area is 109 Å². The molecule has 0 spiro atoms. The number of nitrogens with one attached hydrogen (secondary N) is 1. The summed E-state index contributed by atoms with van der Waals surface area (Å²) in [6, 6.07) is 9.34. The Bertz CT molecular complexity index is 407. The highest BCUT2D eigenvalue weighted by Gasteiger charge is 2.26. The van der Waals surface area contributed by atoms with Gasteiger partial charge >= 0.3 is 0 Å². The number of benzene rings is 1. The van der Waals surface area contributed by atoms with Crippen LogP contribution in [0.15, 0.2) is 24.3 Å². The van der Waals surface area contributed by atoms with E-state index in [4.69, 9.17) is 4.74 Å². The molecule has 2 atom stereocenters. The predicted molar refractivity (Wildman–Crippen MR) is 72.7 cm³/mol. The van der Waals surface area contributed by atoms with Crippen LogP contribution in [0.1, 0.15) is 24.2 Å². The van der Waals surface area contributed by atoms with E-state index < -0.39 is 0 Å². The maximum atomic E-state index is 5.99. The fourth-order valence-corrected chi connectivity index (χ4v) is 3.00. The molecule has 0 radical (unpaired) electrons. The molecule has 1 fully saturated rings. The summed E-state index contributed by atoms with van der Waals surface area (Å²) in [5, 5.41) is 3.44. The first kappa shape index (κ1) is 12.2. The normalized spacial score (nSPS) is 28.9. The van der Waals surface area contributed by atoms with Crippen LogP contribution in [0, 0.1) is 0 Å². The molecule has 2 aliphatic rings. The van der Waals surface area contributed by atoms with Gasteiger partial charge in [-0.15, -0.1) is 0 Å². The van der Waals surface area contributed by atoms with Crippen molar-refractivity contribution >= 4 is 0 Å². The topological polar surface area (TPSA) is 24.5 Å². The molecule has 0 bridgehead atoms. The maximum absolute atomic E-state index is 5.99. The summed E-state index contributed by atoms with van der Waals surface area (Å²) in [4.78, 5) is 2.54. The van der Waals surface area contributed by atoms with Gasteiger partial charge < -0.3 is 10.1 Å². The molecule has 1 saturated heterocycles. The molecule has 98 valence electrons. The molecule has 1 unspecified atom stereocenters. The minimum absolute atomic E-state index is 0.260. The van der Waals surface area contributed by atoms with Crippen molar-refractivity contribution in [2.75, 3.05) is 32.8 Å². The first-order valence-electron chi connectivity index (χ1n) is 6.99. The third-order valence-electron chi connectivity index (χ3n) is 4.13. The van der Waals surface area contributed by atoms with Crippen LogP contribution in [0.5, 0.6) is 0 Å². The molecule has 18 heavy (non-hydrogen) atoms. The van der Waals surface area contributed by atoms with Crippen molar-refractivity contribution in [3.63, 3.8) is 0 Å². The summed E-state index contributed by atoms with van der Waals surface area (Å²) >= 11 is 0. The highest BCUT2D eigenvalue weighted by atomic mass is 16.5. The lowest BCUT2D eigenvalue weighted by atomic mass is 9.97. The quantitative estimate of drug-likeness (QED) is 0.858. The molecule has 0 aliphatic carbocycles. The van der Waals surface area contributed by atoms with E-state index in [1.165, 1.54) is 11.1 Å². The average molecular weight is 246 g/mol. The van der Waals surface area contributed by atoms with Gasteiger partial charge in [0.05, 0.1) is 12.7 Å². The monoisotopic (exact) mass is 246 g/mol. The predicted octanol–water partition coefficient (Wildman–Crippen LogP) is 1.59. The van der Waals surface area contributed by atoms with E-state index in [1.807, 2.05) is 0 Å². The average Bonchev–Trinajstić information content (AvgIpc) is 2.42. The van der Waals surface area contributed by atoms with Crippen molar-refractivity contribution in [3.8, 4) is 0 Å². The van der Waals surface area contributed by atoms with Crippen LogP contribution in [0.4, 0.5) is 0 Å².